The number of methoxy groups -OCH3 is 1. The highest BCUT2D eigenvalue weighted by molar-refractivity contribution is 7.89. The van der Waals surface area contributed by atoms with Crippen LogP contribution in [0.15, 0.2) is 35.2 Å². The molecule has 2 rings (SSSR count). The average Bonchev–Trinajstić information content (AvgIpc) is 3.05. The molecule has 2 N–H and O–H groups in total. The monoisotopic (exact) mass is 424 g/mol. The van der Waals surface area contributed by atoms with E-state index < -0.39 is 10.0 Å². The van der Waals surface area contributed by atoms with Crippen LogP contribution >= 0.6 is 11.3 Å². The van der Waals surface area contributed by atoms with Gasteiger partial charge in [0.25, 0.3) is 5.91 Å². The first-order valence-electron chi connectivity index (χ1n) is 9.35. The molecular weight excluding hydrogens is 396 g/mol. The molecule has 0 bridgehead atoms. The lowest BCUT2D eigenvalue weighted by atomic mass is 10.1. The van der Waals surface area contributed by atoms with Gasteiger partial charge in [0.1, 0.15) is 0 Å². The van der Waals surface area contributed by atoms with Crippen LogP contribution in [0.5, 0.6) is 0 Å². The molecule has 0 saturated heterocycles. The zero-order chi connectivity index (χ0) is 20.7. The summed E-state index contributed by atoms with van der Waals surface area (Å²) in [5.74, 6) is -0.176. The van der Waals surface area contributed by atoms with E-state index in [-0.39, 0.29) is 23.5 Å². The van der Waals surface area contributed by atoms with Gasteiger partial charge in [-0.2, -0.15) is 0 Å². The number of anilines is 1. The Kier molecular flexibility index (Phi) is 8.18. The predicted molar refractivity (Wildman–Crippen MR) is 114 cm³/mol. The molecule has 1 aromatic heterocycles. The van der Waals surface area contributed by atoms with Crippen molar-refractivity contribution >= 4 is 33.0 Å². The molecule has 1 amide bonds. The molecule has 1 aromatic carbocycles. The second-order valence-electron chi connectivity index (χ2n) is 6.62. The molecule has 0 spiro atoms. The molecule has 154 valence electrons. The summed E-state index contributed by atoms with van der Waals surface area (Å²) in [4.78, 5) is 14.6. The van der Waals surface area contributed by atoms with Gasteiger partial charge in [0, 0.05) is 23.7 Å². The molecular formula is C20H28N2O4S2. The first kappa shape index (κ1) is 22.5. The SMILES string of the molecule is CCCc1sc(C(=O)Nc2ccc(S(=O)(=O)NC(C)COC)cc2)cc1CC. The van der Waals surface area contributed by atoms with Crippen molar-refractivity contribution in [3.63, 3.8) is 0 Å². The van der Waals surface area contributed by atoms with Gasteiger partial charge < -0.3 is 10.1 Å². The van der Waals surface area contributed by atoms with Crippen LogP contribution in [-0.4, -0.2) is 34.1 Å². The maximum absolute atomic E-state index is 12.6. The third-order valence-corrected chi connectivity index (χ3v) is 7.02. The minimum absolute atomic E-state index is 0.142. The fourth-order valence-electron chi connectivity index (χ4n) is 2.84. The summed E-state index contributed by atoms with van der Waals surface area (Å²) in [6, 6.07) is 7.75. The molecule has 0 aliphatic rings. The maximum Gasteiger partial charge on any atom is 0.265 e. The van der Waals surface area contributed by atoms with E-state index in [1.807, 2.05) is 6.07 Å². The van der Waals surface area contributed by atoms with Crippen molar-refractivity contribution < 1.29 is 17.9 Å². The van der Waals surface area contributed by atoms with E-state index in [4.69, 9.17) is 4.74 Å². The Hall–Kier alpha value is -1.74. The van der Waals surface area contributed by atoms with Crippen molar-refractivity contribution in [3.8, 4) is 0 Å². The fraction of sp³-hybridized carbons (Fsp3) is 0.450. The third-order valence-electron chi connectivity index (χ3n) is 4.17. The van der Waals surface area contributed by atoms with Crippen molar-refractivity contribution in [3.05, 3.63) is 45.6 Å². The molecule has 0 aliphatic carbocycles. The Bertz CT molecular complexity index is 889. The van der Waals surface area contributed by atoms with Crippen molar-refractivity contribution in [1.29, 1.82) is 0 Å². The number of sulfonamides is 1. The van der Waals surface area contributed by atoms with Crippen molar-refractivity contribution in [2.45, 2.75) is 51.0 Å². The Balaban J connectivity index is 2.09. The Labute approximate surface area is 171 Å². The molecule has 8 heteroatoms. The topological polar surface area (TPSA) is 84.5 Å². The highest BCUT2D eigenvalue weighted by Gasteiger charge is 2.18. The number of benzene rings is 1. The van der Waals surface area contributed by atoms with Gasteiger partial charge in [0.2, 0.25) is 10.0 Å². The molecule has 1 atom stereocenters. The van der Waals surface area contributed by atoms with E-state index in [0.29, 0.717) is 10.6 Å². The van der Waals surface area contributed by atoms with Gasteiger partial charge >= 0.3 is 0 Å². The highest BCUT2D eigenvalue weighted by atomic mass is 32.2. The van der Waals surface area contributed by atoms with E-state index in [0.717, 1.165) is 19.3 Å². The quantitative estimate of drug-likeness (QED) is 0.607. The van der Waals surface area contributed by atoms with E-state index in [9.17, 15) is 13.2 Å². The van der Waals surface area contributed by atoms with Crippen molar-refractivity contribution in [2.24, 2.45) is 0 Å². The highest BCUT2D eigenvalue weighted by Crippen LogP contribution is 2.25. The normalized spacial score (nSPS) is 12.7. The molecule has 0 aliphatic heterocycles. The third kappa shape index (κ3) is 5.88. The molecule has 28 heavy (non-hydrogen) atoms. The summed E-state index contributed by atoms with van der Waals surface area (Å²) in [6.45, 7) is 6.23. The fourth-order valence-corrected chi connectivity index (χ4v) is 5.32. The summed E-state index contributed by atoms with van der Waals surface area (Å²) in [7, 11) is -2.11. The average molecular weight is 425 g/mol. The van der Waals surface area contributed by atoms with Crippen LogP contribution in [0, 0.1) is 0 Å². The summed E-state index contributed by atoms with van der Waals surface area (Å²) in [6.07, 6.45) is 2.92. The first-order valence-corrected chi connectivity index (χ1v) is 11.6. The number of hydrogen-bond acceptors (Lipinski definition) is 5. The predicted octanol–water partition coefficient (Wildman–Crippen LogP) is 3.83. The number of carbonyl (C=O) groups excluding carboxylic acids is 1. The van der Waals surface area contributed by atoms with Gasteiger partial charge in [-0.25, -0.2) is 13.1 Å². The molecule has 2 aromatic rings. The van der Waals surface area contributed by atoms with Gasteiger partial charge in [-0.05, 0) is 55.7 Å². The minimum Gasteiger partial charge on any atom is -0.383 e. The van der Waals surface area contributed by atoms with Crippen LogP contribution in [0.4, 0.5) is 5.69 Å². The van der Waals surface area contributed by atoms with Crippen molar-refractivity contribution in [2.75, 3.05) is 19.0 Å². The second kappa shape index (κ2) is 10.2. The molecule has 1 heterocycles. The summed E-state index contributed by atoms with van der Waals surface area (Å²) in [5.41, 5.74) is 1.77. The van der Waals surface area contributed by atoms with Crippen LogP contribution < -0.4 is 10.0 Å². The number of thiophene rings is 1. The lowest BCUT2D eigenvalue weighted by Gasteiger charge is -2.13. The number of amides is 1. The van der Waals surface area contributed by atoms with Gasteiger partial charge in [-0.3, -0.25) is 4.79 Å². The van der Waals surface area contributed by atoms with E-state index in [1.54, 1.807) is 19.1 Å². The lowest BCUT2D eigenvalue weighted by molar-refractivity contribution is 0.103. The lowest BCUT2D eigenvalue weighted by Crippen LogP contribution is -2.35. The van der Waals surface area contributed by atoms with Crippen LogP contribution in [0.1, 0.15) is 47.3 Å². The molecule has 0 fully saturated rings. The van der Waals surface area contributed by atoms with Crippen molar-refractivity contribution in [1.82, 2.24) is 4.72 Å². The summed E-state index contributed by atoms with van der Waals surface area (Å²) in [5, 5.41) is 2.84. The van der Waals surface area contributed by atoms with Gasteiger partial charge in [-0.1, -0.05) is 20.3 Å². The molecule has 0 radical (unpaired) electrons. The van der Waals surface area contributed by atoms with Gasteiger partial charge in [-0.15, -0.1) is 11.3 Å². The molecule has 1 unspecified atom stereocenters. The zero-order valence-corrected chi connectivity index (χ0v) is 18.4. The number of nitrogens with one attached hydrogen (secondary N) is 2. The van der Waals surface area contributed by atoms with Crippen LogP contribution in [-0.2, 0) is 27.6 Å². The summed E-state index contributed by atoms with van der Waals surface area (Å²) >= 11 is 1.53. The Morgan fingerprint density at radius 1 is 1.21 bits per heavy atom. The maximum atomic E-state index is 12.6. The second-order valence-corrected chi connectivity index (χ2v) is 9.47. The largest absolute Gasteiger partial charge is 0.383 e. The molecule has 0 saturated carbocycles. The number of rotatable bonds is 10. The number of ether oxygens (including phenoxy) is 1. The number of hydrogen-bond donors (Lipinski definition) is 2. The van der Waals surface area contributed by atoms with E-state index in [2.05, 4.69) is 23.9 Å². The number of carbonyl (C=O) groups is 1. The Morgan fingerprint density at radius 2 is 1.89 bits per heavy atom. The summed E-state index contributed by atoms with van der Waals surface area (Å²) < 4.78 is 32.2. The zero-order valence-electron chi connectivity index (χ0n) is 16.7. The van der Waals surface area contributed by atoms with E-state index >= 15 is 0 Å². The standard InChI is InChI=1S/C20H28N2O4S2/c1-5-7-18-15(6-2)12-19(27-18)20(23)21-16-8-10-17(11-9-16)28(24,25)22-14(3)13-26-4/h8-12,14,22H,5-7,13H2,1-4H3,(H,21,23). The van der Waals surface area contributed by atoms with E-state index in [1.165, 1.54) is 41.0 Å². The first-order chi connectivity index (χ1) is 13.3. The smallest absolute Gasteiger partial charge is 0.265 e. The molecule has 6 nitrogen and oxygen atoms in total. The van der Waals surface area contributed by atoms with Crippen LogP contribution in [0.2, 0.25) is 0 Å². The van der Waals surface area contributed by atoms with Gasteiger partial charge in [0.05, 0.1) is 16.4 Å². The van der Waals surface area contributed by atoms with Crippen LogP contribution in [0.25, 0.3) is 0 Å². The Morgan fingerprint density at radius 3 is 2.46 bits per heavy atom. The number of aryl methyl sites for hydroxylation is 2. The minimum atomic E-state index is -3.63. The van der Waals surface area contributed by atoms with Crippen LogP contribution in [0.3, 0.4) is 0 Å². The van der Waals surface area contributed by atoms with Gasteiger partial charge in [0.15, 0.2) is 0 Å².